The van der Waals surface area contributed by atoms with Crippen LogP contribution in [0, 0.1) is 5.43 Å². The molecule has 0 atom stereocenters. The van der Waals surface area contributed by atoms with Gasteiger partial charge >= 0.3 is 54.4 Å². The van der Waals surface area contributed by atoms with Gasteiger partial charge in [0.25, 0.3) is 0 Å². The Morgan fingerprint density at radius 3 is 1.75 bits per heavy atom. The molecule has 0 aromatic carbocycles. The van der Waals surface area contributed by atoms with Crippen LogP contribution in [0.5, 0.6) is 0 Å². The monoisotopic (exact) mass is 124 g/mol. The second kappa shape index (κ2) is 8.82. The Morgan fingerprint density at radius 2 is 1.75 bits per heavy atom. The van der Waals surface area contributed by atoms with Gasteiger partial charge in [-0.15, -0.1) is 0 Å². The van der Waals surface area contributed by atoms with Crippen molar-refractivity contribution in [1.29, 1.82) is 5.26 Å². The Bertz CT molecular complexity index is 29.5. The van der Waals surface area contributed by atoms with Gasteiger partial charge in [0.2, 0.25) is 0 Å². The maximum Gasteiger partial charge on any atom is 0 e. The number of hydrogen-bond donors (Lipinski definition) is 0. The predicted molar refractivity (Wildman–Crippen MR) is 11.4 cm³/mol. The van der Waals surface area contributed by atoms with Crippen LogP contribution in [0.2, 0.25) is 0 Å². The summed E-state index contributed by atoms with van der Waals surface area (Å²) in [5, 5.41) is 7.40. The molecular weight excluding hydrogens is 124 g/mol. The Kier molecular flexibility index (Phi) is 20.2. The van der Waals surface area contributed by atoms with Crippen LogP contribution in [0.4, 0.5) is 0 Å². The number of nitrogens with zero attached hydrogens (tertiary/aromatic N) is 1. The smallest absolute Gasteiger partial charge is 0 e. The molecule has 0 rings (SSSR count). The van der Waals surface area contributed by atoms with Crippen LogP contribution < -0.4 is 0 Å². The van der Waals surface area contributed by atoms with E-state index in [0.717, 1.165) is 0 Å². The zero-order valence-electron chi connectivity index (χ0n) is 2.28. The zero-order valence-corrected chi connectivity index (χ0v) is 6.44. The molecule has 0 N–H and O–H groups in total. The van der Waals surface area contributed by atoms with Gasteiger partial charge in [-0.2, -0.15) is 0 Å². The van der Waals surface area contributed by atoms with Gasteiger partial charge < -0.3 is 0 Å². The van der Waals surface area contributed by atoms with E-state index >= 15 is 0 Å². The SMILES string of the molecule is N#[C][K].[Co]. The minimum absolute atomic E-state index is 0. The fourth-order valence-corrected chi connectivity index (χ4v) is 0. The van der Waals surface area contributed by atoms with E-state index in [2.05, 4.69) is 0 Å². The summed E-state index contributed by atoms with van der Waals surface area (Å²) in [6.07, 6.45) is 0. The van der Waals surface area contributed by atoms with Crippen LogP contribution in [0.3, 0.4) is 0 Å². The van der Waals surface area contributed by atoms with E-state index < -0.39 is 0 Å². The van der Waals surface area contributed by atoms with Crippen molar-refractivity contribution in [3.8, 4) is 0.164 Å². The zero-order chi connectivity index (χ0) is 2.71. The van der Waals surface area contributed by atoms with E-state index in [9.17, 15) is 0 Å². The van der Waals surface area contributed by atoms with Crippen LogP contribution >= 0.6 is 0 Å². The Hall–Kier alpha value is 1.63. The van der Waals surface area contributed by atoms with Gasteiger partial charge in [0.15, 0.2) is 0 Å². The second-order valence-electron chi connectivity index (χ2n) is 0.224. The van der Waals surface area contributed by atoms with Gasteiger partial charge in [-0.05, 0) is 0 Å². The summed E-state index contributed by atoms with van der Waals surface area (Å²) in [7, 11) is 0. The van der Waals surface area contributed by atoms with Gasteiger partial charge in [0.05, 0.1) is 0 Å². The first-order valence-electron chi connectivity index (χ1n) is 0.724. The summed E-state index contributed by atoms with van der Waals surface area (Å²) < 4.78 is 1.94. The van der Waals surface area contributed by atoms with Crippen molar-refractivity contribution >= 4 is 49.0 Å². The quantitative estimate of drug-likeness (QED) is 0.404. The molecule has 0 unspecified atom stereocenters. The number of nitriles is 1. The van der Waals surface area contributed by atoms with E-state index in [4.69, 9.17) is 5.26 Å². The van der Waals surface area contributed by atoms with Crippen LogP contribution in [-0.2, 0) is 16.8 Å². The molecule has 0 amide bonds. The van der Waals surface area contributed by atoms with Gasteiger partial charge in [0.1, 0.15) is 0 Å². The van der Waals surface area contributed by atoms with Crippen molar-refractivity contribution in [2.75, 3.05) is 0 Å². The summed E-state index contributed by atoms with van der Waals surface area (Å²) >= 11 is 0.410. The molecule has 4 heavy (non-hydrogen) atoms. The minimum Gasteiger partial charge on any atom is 0 e. The van der Waals surface area contributed by atoms with E-state index in [0.29, 0.717) is 49.0 Å². The van der Waals surface area contributed by atoms with Crippen LogP contribution in [0.15, 0.2) is 0 Å². The van der Waals surface area contributed by atoms with Crippen molar-refractivity contribution in [3.05, 3.63) is 0 Å². The standard InChI is InChI=1S/CN.Co.K/c1-2;;. The van der Waals surface area contributed by atoms with Crippen molar-refractivity contribution in [1.82, 2.24) is 0 Å². The molecule has 0 bridgehead atoms. The maximum absolute atomic E-state index is 7.40. The molecule has 0 aromatic heterocycles. The van der Waals surface area contributed by atoms with Crippen molar-refractivity contribution in [2.24, 2.45) is 0 Å². The molecule has 0 aliphatic heterocycles. The van der Waals surface area contributed by atoms with E-state index in [-0.39, 0.29) is 16.8 Å². The van der Waals surface area contributed by atoms with Gasteiger partial charge in [-0.3, -0.25) is 0 Å². The molecule has 0 saturated carbocycles. The molecule has 19 valence electrons. The molecule has 0 saturated heterocycles. The third kappa shape index (κ3) is 9.45. The van der Waals surface area contributed by atoms with E-state index in [1.165, 1.54) is 0 Å². The molecule has 0 fully saturated rings. The first kappa shape index (κ1) is 9.16. The second-order valence-corrected chi connectivity index (χ2v) is 0.922. The molecule has 0 aromatic rings. The van der Waals surface area contributed by atoms with Crippen LogP contribution in [0.1, 0.15) is 0 Å². The average molecular weight is 124 g/mol. The third-order valence-corrected chi connectivity index (χ3v) is 0. The predicted octanol–water partition coefficient (Wildman–Crippen LogP) is -0.367. The Labute approximate surface area is 69.5 Å². The number of rotatable bonds is 0. The largest absolute Gasteiger partial charge is 0 e. The Balaban J connectivity index is 0. The van der Waals surface area contributed by atoms with E-state index in [1.54, 1.807) is 0 Å². The van der Waals surface area contributed by atoms with Crippen LogP contribution in [0.25, 0.3) is 0 Å². The minimum atomic E-state index is 0. The molecule has 0 aliphatic rings. The van der Waals surface area contributed by atoms with E-state index in [1.807, 2.05) is 0.164 Å². The van der Waals surface area contributed by atoms with Crippen molar-refractivity contribution in [3.63, 3.8) is 0 Å². The Morgan fingerprint density at radius 1 is 1.75 bits per heavy atom. The molecular formula is CCoKN. The maximum atomic E-state index is 7.40. The third-order valence-electron chi connectivity index (χ3n) is 0. The average Bonchev–Trinajstić information content (AvgIpc) is 0.918. The summed E-state index contributed by atoms with van der Waals surface area (Å²) in [4.78, 5) is 0. The normalized spacial score (nSPS) is 2.25. The fourth-order valence-electron chi connectivity index (χ4n) is 0. The first-order chi connectivity index (χ1) is 1.41. The summed E-state index contributed by atoms with van der Waals surface area (Å²) in [6.45, 7) is 0. The topological polar surface area (TPSA) is 23.8 Å². The molecule has 1 radical (unpaired) electrons. The van der Waals surface area contributed by atoms with Gasteiger partial charge in [0, 0.05) is 16.8 Å². The van der Waals surface area contributed by atoms with Gasteiger partial charge in [-0.25, -0.2) is 0 Å². The number of hydrogen-bond acceptors (Lipinski definition) is 1. The first-order valence-corrected chi connectivity index (χ1v) is 2.29. The summed E-state index contributed by atoms with van der Waals surface area (Å²) in [5.41, 5.74) is 0. The molecule has 0 aliphatic carbocycles. The van der Waals surface area contributed by atoms with Crippen LogP contribution in [-0.4, -0.2) is 49.0 Å². The molecule has 0 spiro atoms. The molecule has 0 heterocycles. The molecule has 3 heteroatoms. The van der Waals surface area contributed by atoms with Gasteiger partial charge in [-0.1, -0.05) is 0 Å². The molecule has 1 nitrogen and oxygen atoms in total. The summed E-state index contributed by atoms with van der Waals surface area (Å²) in [5.74, 6) is 0. The fraction of sp³-hybridized carbons (Fsp3) is 0. The summed E-state index contributed by atoms with van der Waals surface area (Å²) in [6, 6.07) is 0. The van der Waals surface area contributed by atoms with Crippen molar-refractivity contribution in [2.45, 2.75) is 0 Å². The van der Waals surface area contributed by atoms with Crippen molar-refractivity contribution < 1.29 is 16.8 Å².